The van der Waals surface area contributed by atoms with Gasteiger partial charge < -0.3 is 10.6 Å². The van der Waals surface area contributed by atoms with Crippen molar-refractivity contribution in [1.29, 1.82) is 0 Å². The molecular weight excluding hydrogens is 426 g/mol. The fourth-order valence-electron chi connectivity index (χ4n) is 3.25. The van der Waals surface area contributed by atoms with Gasteiger partial charge in [-0.05, 0) is 79.3 Å². The first-order valence-electron chi connectivity index (χ1n) is 9.59. The van der Waals surface area contributed by atoms with Crippen LogP contribution in [-0.4, -0.2) is 60.4 Å². The number of carbonyl (C=O) groups excluding carboxylic acids is 2. The SMILES string of the molecule is CSCC[C@@H](NC(=O)c1ccccc1Br)C(=O)NC[C@H](C)N1CCCCC1. The van der Waals surface area contributed by atoms with Crippen LogP contribution in [0.15, 0.2) is 28.7 Å². The predicted molar refractivity (Wildman–Crippen MR) is 116 cm³/mol. The topological polar surface area (TPSA) is 61.4 Å². The minimum atomic E-state index is -0.523. The monoisotopic (exact) mass is 455 g/mol. The van der Waals surface area contributed by atoms with Gasteiger partial charge in [0, 0.05) is 17.1 Å². The molecule has 2 atom stereocenters. The van der Waals surface area contributed by atoms with E-state index in [4.69, 9.17) is 0 Å². The lowest BCUT2D eigenvalue weighted by Gasteiger charge is -2.32. The number of rotatable bonds is 9. The van der Waals surface area contributed by atoms with Crippen LogP contribution in [0.2, 0.25) is 0 Å². The molecule has 1 saturated heterocycles. The van der Waals surface area contributed by atoms with E-state index < -0.39 is 6.04 Å². The zero-order chi connectivity index (χ0) is 19.6. The molecule has 1 aliphatic heterocycles. The molecule has 7 heteroatoms. The second-order valence-electron chi connectivity index (χ2n) is 6.98. The molecule has 0 spiro atoms. The highest BCUT2D eigenvalue weighted by molar-refractivity contribution is 9.10. The van der Waals surface area contributed by atoms with Gasteiger partial charge in [-0.2, -0.15) is 11.8 Å². The van der Waals surface area contributed by atoms with Gasteiger partial charge in [-0.1, -0.05) is 18.6 Å². The van der Waals surface area contributed by atoms with Gasteiger partial charge in [-0.25, -0.2) is 0 Å². The maximum atomic E-state index is 12.7. The van der Waals surface area contributed by atoms with Gasteiger partial charge in [0.2, 0.25) is 5.91 Å². The summed E-state index contributed by atoms with van der Waals surface area (Å²) in [7, 11) is 0. The van der Waals surface area contributed by atoms with Crippen molar-refractivity contribution in [2.75, 3.05) is 31.6 Å². The molecule has 1 aromatic rings. The summed E-state index contributed by atoms with van der Waals surface area (Å²) in [4.78, 5) is 27.7. The Bertz CT molecular complexity index is 623. The lowest BCUT2D eigenvalue weighted by Crippen LogP contribution is -2.51. The molecule has 0 unspecified atom stereocenters. The van der Waals surface area contributed by atoms with E-state index in [1.54, 1.807) is 17.8 Å². The number of nitrogens with one attached hydrogen (secondary N) is 2. The van der Waals surface area contributed by atoms with Gasteiger partial charge in [-0.3, -0.25) is 14.5 Å². The fraction of sp³-hybridized carbons (Fsp3) is 0.600. The Morgan fingerprint density at radius 1 is 1.22 bits per heavy atom. The van der Waals surface area contributed by atoms with Gasteiger partial charge in [0.1, 0.15) is 6.04 Å². The zero-order valence-electron chi connectivity index (χ0n) is 16.2. The van der Waals surface area contributed by atoms with Gasteiger partial charge in [0.25, 0.3) is 5.91 Å². The standard InChI is InChI=1S/C20H30BrN3O2S/c1-15(24-11-6-3-7-12-24)14-22-20(26)18(10-13-27-2)23-19(25)16-8-4-5-9-17(16)21/h4-5,8-9,15,18H,3,6-7,10-14H2,1-2H3,(H,22,26)(H,23,25)/t15-,18+/m0/s1. The van der Waals surface area contributed by atoms with E-state index in [9.17, 15) is 9.59 Å². The summed E-state index contributed by atoms with van der Waals surface area (Å²) in [5.41, 5.74) is 0.543. The molecule has 1 aromatic carbocycles. The second-order valence-corrected chi connectivity index (χ2v) is 8.82. The molecule has 5 nitrogen and oxygen atoms in total. The molecule has 0 bridgehead atoms. The highest BCUT2D eigenvalue weighted by Gasteiger charge is 2.23. The van der Waals surface area contributed by atoms with Crippen LogP contribution >= 0.6 is 27.7 Å². The van der Waals surface area contributed by atoms with Gasteiger partial charge in [0.15, 0.2) is 0 Å². The van der Waals surface area contributed by atoms with E-state index >= 15 is 0 Å². The Morgan fingerprint density at radius 3 is 2.59 bits per heavy atom. The van der Waals surface area contributed by atoms with Crippen LogP contribution < -0.4 is 10.6 Å². The number of amides is 2. The molecule has 0 aliphatic carbocycles. The number of piperidine rings is 1. The zero-order valence-corrected chi connectivity index (χ0v) is 18.6. The summed E-state index contributed by atoms with van der Waals surface area (Å²) in [6.07, 6.45) is 6.38. The Morgan fingerprint density at radius 2 is 1.93 bits per heavy atom. The Balaban J connectivity index is 1.92. The lowest BCUT2D eigenvalue weighted by molar-refractivity contribution is -0.123. The van der Waals surface area contributed by atoms with Crippen molar-refractivity contribution in [2.24, 2.45) is 0 Å². The van der Waals surface area contributed by atoms with E-state index in [1.165, 1.54) is 19.3 Å². The average molecular weight is 456 g/mol. The largest absolute Gasteiger partial charge is 0.353 e. The number of halogens is 1. The highest BCUT2D eigenvalue weighted by Crippen LogP contribution is 2.16. The molecule has 2 rings (SSSR count). The molecule has 150 valence electrons. The van der Waals surface area contributed by atoms with E-state index in [1.807, 2.05) is 24.5 Å². The highest BCUT2D eigenvalue weighted by atomic mass is 79.9. The summed E-state index contributed by atoms with van der Waals surface area (Å²) < 4.78 is 0.727. The number of hydrogen-bond donors (Lipinski definition) is 2. The van der Waals surface area contributed by atoms with Crippen molar-refractivity contribution < 1.29 is 9.59 Å². The molecular formula is C20H30BrN3O2S. The predicted octanol–water partition coefficient (Wildman–Crippen LogP) is 3.29. The fourth-order valence-corrected chi connectivity index (χ4v) is 4.18. The number of thioether (sulfide) groups is 1. The number of carbonyl (C=O) groups is 2. The molecule has 1 fully saturated rings. The Labute approximate surface area is 175 Å². The summed E-state index contributed by atoms with van der Waals surface area (Å²) in [5, 5.41) is 5.95. The molecule has 0 saturated carbocycles. The van der Waals surface area contributed by atoms with Crippen LogP contribution in [-0.2, 0) is 4.79 Å². The van der Waals surface area contributed by atoms with E-state index in [0.717, 1.165) is 23.3 Å². The van der Waals surface area contributed by atoms with Crippen LogP contribution in [0, 0.1) is 0 Å². The van der Waals surface area contributed by atoms with Crippen molar-refractivity contribution in [1.82, 2.24) is 15.5 Å². The lowest BCUT2D eigenvalue weighted by atomic mass is 10.1. The smallest absolute Gasteiger partial charge is 0.253 e. The van der Waals surface area contributed by atoms with Crippen molar-refractivity contribution in [2.45, 2.75) is 44.7 Å². The van der Waals surface area contributed by atoms with Crippen molar-refractivity contribution in [3.63, 3.8) is 0 Å². The van der Waals surface area contributed by atoms with E-state index in [-0.39, 0.29) is 11.8 Å². The molecule has 27 heavy (non-hydrogen) atoms. The molecule has 1 aliphatic rings. The van der Waals surface area contributed by atoms with Crippen LogP contribution in [0.4, 0.5) is 0 Å². The van der Waals surface area contributed by atoms with Crippen LogP contribution in [0.5, 0.6) is 0 Å². The number of hydrogen-bond acceptors (Lipinski definition) is 4. The minimum absolute atomic E-state index is 0.103. The third kappa shape index (κ3) is 7.12. The van der Waals surface area contributed by atoms with Crippen molar-refractivity contribution in [3.8, 4) is 0 Å². The number of likely N-dealkylation sites (tertiary alicyclic amines) is 1. The second kappa shape index (κ2) is 11.7. The Kier molecular flexibility index (Phi) is 9.65. The summed E-state index contributed by atoms with van der Waals surface area (Å²) in [5.74, 6) is 0.483. The molecule has 2 amide bonds. The average Bonchev–Trinajstić information content (AvgIpc) is 2.69. The molecule has 0 aromatic heterocycles. The van der Waals surface area contributed by atoms with Gasteiger partial charge in [0.05, 0.1) is 5.56 Å². The van der Waals surface area contributed by atoms with Crippen LogP contribution in [0.3, 0.4) is 0 Å². The summed E-state index contributed by atoms with van der Waals surface area (Å²) >= 11 is 5.07. The van der Waals surface area contributed by atoms with Crippen molar-refractivity contribution >= 4 is 39.5 Å². The summed E-state index contributed by atoms with van der Waals surface area (Å²) in [6.45, 7) is 4.97. The molecule has 1 heterocycles. The third-order valence-corrected chi connectivity index (χ3v) is 6.27. The normalized spacial score (nSPS) is 17.1. The van der Waals surface area contributed by atoms with E-state index in [0.29, 0.717) is 24.6 Å². The maximum absolute atomic E-state index is 12.7. The van der Waals surface area contributed by atoms with Gasteiger partial charge >= 0.3 is 0 Å². The first kappa shape index (κ1) is 22.2. The van der Waals surface area contributed by atoms with Gasteiger partial charge in [-0.15, -0.1) is 0 Å². The minimum Gasteiger partial charge on any atom is -0.353 e. The van der Waals surface area contributed by atoms with Crippen molar-refractivity contribution in [3.05, 3.63) is 34.3 Å². The maximum Gasteiger partial charge on any atom is 0.253 e. The Hall–Kier alpha value is -1.05. The quantitative estimate of drug-likeness (QED) is 0.599. The first-order valence-corrected chi connectivity index (χ1v) is 11.8. The summed E-state index contributed by atoms with van der Waals surface area (Å²) in [6, 6.07) is 7.05. The first-order chi connectivity index (χ1) is 13.0. The number of nitrogens with zero attached hydrogens (tertiary/aromatic N) is 1. The number of benzene rings is 1. The van der Waals surface area contributed by atoms with E-state index in [2.05, 4.69) is 38.4 Å². The molecule has 0 radical (unpaired) electrons. The van der Waals surface area contributed by atoms with Crippen LogP contribution in [0.1, 0.15) is 43.0 Å². The van der Waals surface area contributed by atoms with Crippen LogP contribution in [0.25, 0.3) is 0 Å². The molecule has 2 N–H and O–H groups in total. The third-order valence-electron chi connectivity index (χ3n) is 4.94.